The van der Waals surface area contributed by atoms with Gasteiger partial charge in [-0.1, -0.05) is 140 Å². The van der Waals surface area contributed by atoms with Gasteiger partial charge >= 0.3 is 12.4 Å². The summed E-state index contributed by atoms with van der Waals surface area (Å²) >= 11 is 0. The van der Waals surface area contributed by atoms with Crippen molar-refractivity contribution in [2.45, 2.75) is 37.0 Å². The van der Waals surface area contributed by atoms with Crippen molar-refractivity contribution in [1.82, 2.24) is 0 Å². The quantitative estimate of drug-likeness (QED) is 0.155. The maximum atomic E-state index is 15.6. The molecule has 2 aliphatic carbocycles. The van der Waals surface area contributed by atoms with Crippen molar-refractivity contribution >= 4 is 21.5 Å². The highest BCUT2D eigenvalue weighted by atomic mass is 19.4. The first-order valence-corrected chi connectivity index (χ1v) is 20.5. The highest BCUT2D eigenvalue weighted by molar-refractivity contribution is 5.94. The lowest BCUT2D eigenvalue weighted by Crippen LogP contribution is -2.39. The van der Waals surface area contributed by atoms with Crippen molar-refractivity contribution in [2.24, 2.45) is 0 Å². The van der Waals surface area contributed by atoms with Gasteiger partial charge in [-0.25, -0.2) is 0 Å². The Morgan fingerprint density at radius 1 is 0.274 bits per heavy atom. The Hall–Kier alpha value is -6.92. The predicted octanol–water partition coefficient (Wildman–Crippen LogP) is 16.4. The Kier molecular flexibility index (Phi) is 8.15. The number of alkyl halides is 6. The SMILES string of the molecule is CC1(C(F)(F)F)c2cc(-c3ccccc3)ccc2-c2ccc(-c3ccc4c(c3)C(C)(C(F)(F)F)c3cc(-c5ccc6cc(-c7ccc8ccccc8c7)ccc6c5)ccc3-4)cc21. The van der Waals surface area contributed by atoms with Gasteiger partial charge in [0.1, 0.15) is 10.8 Å². The summed E-state index contributed by atoms with van der Waals surface area (Å²) in [6, 6.07) is 56.4. The van der Waals surface area contributed by atoms with E-state index in [1.165, 1.54) is 31.4 Å². The molecule has 0 saturated carbocycles. The van der Waals surface area contributed by atoms with Gasteiger partial charge in [0, 0.05) is 0 Å². The monoisotopic (exact) mass is 822 g/mol. The summed E-state index contributed by atoms with van der Waals surface area (Å²) in [6.45, 7) is 2.41. The standard InChI is InChI=1S/C56H36F6/c1-53(55(57,58)59)49-29-41(33-8-4-3-5-9-33)18-22-45(49)47-24-20-43(31-51(47)53)44-21-25-48-46-23-19-42(30-50(46)54(2,52(48)32-44)56(60,61)62)40-17-16-38-27-37(14-15-39(38)28-40)36-13-12-34-10-6-7-11-35(34)26-36/h3-32H,1-2H3. The Morgan fingerprint density at radius 2 is 0.548 bits per heavy atom. The van der Waals surface area contributed by atoms with Gasteiger partial charge in [-0.15, -0.1) is 0 Å². The van der Waals surface area contributed by atoms with Gasteiger partial charge in [0.15, 0.2) is 0 Å². The number of hydrogen-bond donors (Lipinski definition) is 0. The highest BCUT2D eigenvalue weighted by Gasteiger charge is 2.59. The smallest absolute Gasteiger partial charge is 0.170 e. The third-order valence-electron chi connectivity index (χ3n) is 13.6. The predicted molar refractivity (Wildman–Crippen MR) is 239 cm³/mol. The molecule has 0 nitrogen and oxygen atoms in total. The van der Waals surface area contributed by atoms with Crippen LogP contribution < -0.4 is 0 Å². The van der Waals surface area contributed by atoms with Crippen LogP contribution in [0.4, 0.5) is 26.3 Å². The van der Waals surface area contributed by atoms with Gasteiger partial charge in [-0.3, -0.25) is 0 Å². The van der Waals surface area contributed by atoms with Crippen molar-refractivity contribution in [3.8, 4) is 66.8 Å². The second-order valence-electron chi connectivity index (χ2n) is 17.0. The minimum absolute atomic E-state index is 0.0734. The summed E-state index contributed by atoms with van der Waals surface area (Å²) in [6.07, 6.45) is -9.34. The normalized spacial score (nSPS) is 17.8. The van der Waals surface area contributed by atoms with Crippen molar-refractivity contribution in [3.05, 3.63) is 204 Å². The zero-order chi connectivity index (χ0) is 42.8. The fraction of sp³-hybridized carbons (Fsp3) is 0.107. The molecule has 6 heteroatoms. The molecule has 0 amide bonds. The van der Waals surface area contributed by atoms with E-state index < -0.39 is 23.2 Å². The summed E-state index contributed by atoms with van der Waals surface area (Å²) < 4.78 is 93.0. The first-order chi connectivity index (χ1) is 29.7. The molecule has 9 aromatic rings. The van der Waals surface area contributed by atoms with E-state index in [0.717, 1.165) is 38.4 Å². The number of rotatable bonds is 4. The zero-order valence-electron chi connectivity index (χ0n) is 33.6. The molecule has 11 rings (SSSR count). The van der Waals surface area contributed by atoms with Crippen LogP contribution >= 0.6 is 0 Å². The van der Waals surface area contributed by atoms with E-state index in [4.69, 9.17) is 0 Å². The van der Waals surface area contributed by atoms with E-state index in [1.807, 2.05) is 78.9 Å². The number of hydrogen-bond acceptors (Lipinski definition) is 0. The molecule has 2 atom stereocenters. The summed E-state index contributed by atoms with van der Waals surface area (Å²) in [5.74, 6) is 0. The van der Waals surface area contributed by atoms with Crippen molar-refractivity contribution < 1.29 is 26.3 Å². The lowest BCUT2D eigenvalue weighted by atomic mass is 9.77. The lowest BCUT2D eigenvalue weighted by Gasteiger charge is -2.31. The molecule has 0 fully saturated rings. The third-order valence-corrected chi connectivity index (χ3v) is 13.6. The Bertz CT molecular complexity index is 3300. The highest BCUT2D eigenvalue weighted by Crippen LogP contribution is 2.60. The number of halogens is 6. The average Bonchev–Trinajstić information content (AvgIpc) is 3.70. The largest absolute Gasteiger partial charge is 0.402 e. The molecule has 0 aliphatic heterocycles. The summed E-state index contributed by atoms with van der Waals surface area (Å²) in [4.78, 5) is 0. The number of fused-ring (bicyclic) bond motifs is 8. The van der Waals surface area contributed by atoms with E-state index in [-0.39, 0.29) is 22.3 Å². The van der Waals surface area contributed by atoms with Crippen LogP contribution in [0.15, 0.2) is 182 Å². The molecular formula is C56H36F6. The molecule has 0 bridgehead atoms. The summed E-state index contributed by atoms with van der Waals surface area (Å²) in [5, 5.41) is 4.31. The van der Waals surface area contributed by atoms with E-state index in [1.54, 1.807) is 48.5 Å². The Labute approximate surface area is 354 Å². The second kappa shape index (κ2) is 13.3. The Balaban J connectivity index is 0.960. The lowest BCUT2D eigenvalue weighted by molar-refractivity contribution is -0.172. The molecule has 0 N–H and O–H groups in total. The molecule has 302 valence electrons. The van der Waals surface area contributed by atoms with Crippen LogP contribution in [-0.2, 0) is 10.8 Å². The fourth-order valence-electron chi connectivity index (χ4n) is 9.99. The van der Waals surface area contributed by atoms with Gasteiger partial charge in [-0.2, -0.15) is 26.3 Å². The Morgan fingerprint density at radius 3 is 0.919 bits per heavy atom. The summed E-state index contributed by atoms with van der Waals surface area (Å²) in [7, 11) is 0. The van der Waals surface area contributed by atoms with Crippen molar-refractivity contribution in [2.75, 3.05) is 0 Å². The average molecular weight is 823 g/mol. The zero-order valence-corrected chi connectivity index (χ0v) is 33.6. The van der Waals surface area contributed by atoms with Crippen LogP contribution in [0.3, 0.4) is 0 Å². The first kappa shape index (κ1) is 38.0. The van der Waals surface area contributed by atoms with Crippen LogP contribution in [0, 0.1) is 0 Å². The van der Waals surface area contributed by atoms with Crippen LogP contribution in [-0.4, -0.2) is 12.4 Å². The molecule has 62 heavy (non-hydrogen) atoms. The van der Waals surface area contributed by atoms with Crippen LogP contribution in [0.25, 0.3) is 88.3 Å². The van der Waals surface area contributed by atoms with Gasteiger partial charge < -0.3 is 0 Å². The maximum Gasteiger partial charge on any atom is 0.402 e. The number of benzene rings is 9. The van der Waals surface area contributed by atoms with Gasteiger partial charge in [0.05, 0.1) is 0 Å². The molecular weight excluding hydrogens is 787 g/mol. The van der Waals surface area contributed by atoms with E-state index in [2.05, 4.69) is 42.5 Å². The maximum absolute atomic E-state index is 15.6. The minimum atomic E-state index is -4.68. The van der Waals surface area contributed by atoms with E-state index in [0.29, 0.717) is 44.5 Å². The topological polar surface area (TPSA) is 0 Å². The van der Waals surface area contributed by atoms with Crippen LogP contribution in [0.1, 0.15) is 36.1 Å². The molecule has 0 aromatic heterocycles. The minimum Gasteiger partial charge on any atom is -0.170 e. The molecule has 0 spiro atoms. The summed E-state index contributed by atoms with van der Waals surface area (Å²) in [5.41, 5.74) is 3.56. The molecule has 9 aromatic carbocycles. The van der Waals surface area contributed by atoms with Crippen molar-refractivity contribution in [3.63, 3.8) is 0 Å². The van der Waals surface area contributed by atoms with Crippen LogP contribution in [0.2, 0.25) is 0 Å². The molecule has 2 aliphatic rings. The van der Waals surface area contributed by atoms with Gasteiger partial charge in [0.25, 0.3) is 0 Å². The van der Waals surface area contributed by atoms with Gasteiger partial charge in [-0.05, 0) is 167 Å². The van der Waals surface area contributed by atoms with Crippen LogP contribution in [0.5, 0.6) is 0 Å². The van der Waals surface area contributed by atoms with Crippen molar-refractivity contribution in [1.29, 1.82) is 0 Å². The molecule has 0 saturated heterocycles. The van der Waals surface area contributed by atoms with E-state index >= 15 is 26.3 Å². The van der Waals surface area contributed by atoms with Gasteiger partial charge in [0.2, 0.25) is 0 Å². The third kappa shape index (κ3) is 5.55. The first-order valence-electron chi connectivity index (χ1n) is 20.5. The molecule has 0 heterocycles. The second-order valence-corrected chi connectivity index (χ2v) is 17.0. The molecule has 2 unspecified atom stereocenters. The fourth-order valence-corrected chi connectivity index (χ4v) is 9.99. The molecule has 0 radical (unpaired) electrons. The van der Waals surface area contributed by atoms with E-state index in [9.17, 15) is 0 Å².